The highest BCUT2D eigenvalue weighted by atomic mass is 32.2. The maximum Gasteiger partial charge on any atom is 0.211 e. The summed E-state index contributed by atoms with van der Waals surface area (Å²) in [7, 11) is 6.15. The molecule has 104 valence electrons. The van der Waals surface area contributed by atoms with Gasteiger partial charge in [-0.05, 0) is 20.2 Å². The molecule has 0 saturated carbocycles. The van der Waals surface area contributed by atoms with Crippen LogP contribution in [0.4, 0.5) is 0 Å². The van der Waals surface area contributed by atoms with Gasteiger partial charge in [0.2, 0.25) is 5.16 Å². The van der Waals surface area contributed by atoms with E-state index >= 15 is 0 Å². The molecule has 0 spiro atoms. The van der Waals surface area contributed by atoms with Gasteiger partial charge in [0.15, 0.2) is 5.65 Å². The highest BCUT2D eigenvalue weighted by Gasteiger charge is 2.12. The van der Waals surface area contributed by atoms with Crippen molar-refractivity contribution in [3.8, 4) is 0 Å². The summed E-state index contributed by atoms with van der Waals surface area (Å²) in [6.45, 7) is 1.00. The highest BCUT2D eigenvalue weighted by molar-refractivity contribution is 7.99. The SMILES string of the molecule is CN(C)CCSc1nnc2c3ccccc3n(C)c2n1. The maximum absolute atomic E-state index is 4.64. The number of fused-ring (bicyclic) bond motifs is 3. The Morgan fingerprint density at radius 1 is 1.20 bits per heavy atom. The van der Waals surface area contributed by atoms with Gasteiger partial charge < -0.3 is 9.47 Å². The van der Waals surface area contributed by atoms with Gasteiger partial charge in [-0.1, -0.05) is 30.0 Å². The minimum atomic E-state index is 0.741. The van der Waals surface area contributed by atoms with Gasteiger partial charge in [0, 0.05) is 24.7 Å². The highest BCUT2D eigenvalue weighted by Crippen LogP contribution is 2.25. The first-order valence-electron chi connectivity index (χ1n) is 6.52. The number of aromatic nitrogens is 4. The average Bonchev–Trinajstić information content (AvgIpc) is 2.73. The second kappa shape index (κ2) is 5.38. The van der Waals surface area contributed by atoms with Crippen molar-refractivity contribution in [2.75, 3.05) is 26.4 Å². The van der Waals surface area contributed by atoms with Crippen LogP contribution in [0.25, 0.3) is 22.1 Å². The quantitative estimate of drug-likeness (QED) is 0.688. The molecular weight excluding hydrogens is 270 g/mol. The van der Waals surface area contributed by atoms with Crippen LogP contribution in [0.2, 0.25) is 0 Å². The van der Waals surface area contributed by atoms with Gasteiger partial charge in [-0.25, -0.2) is 4.98 Å². The zero-order valence-corrected chi connectivity index (χ0v) is 12.7. The number of rotatable bonds is 4. The molecule has 20 heavy (non-hydrogen) atoms. The number of benzene rings is 1. The minimum absolute atomic E-state index is 0.741. The van der Waals surface area contributed by atoms with Crippen LogP contribution in [-0.4, -0.2) is 51.0 Å². The molecule has 3 rings (SSSR count). The Balaban J connectivity index is 1.99. The Morgan fingerprint density at radius 2 is 2.00 bits per heavy atom. The van der Waals surface area contributed by atoms with E-state index in [0.717, 1.165) is 39.5 Å². The molecule has 0 aliphatic heterocycles. The van der Waals surface area contributed by atoms with Gasteiger partial charge in [0.05, 0.1) is 5.52 Å². The Morgan fingerprint density at radius 3 is 2.80 bits per heavy atom. The monoisotopic (exact) mass is 287 g/mol. The predicted octanol–water partition coefficient (Wildman–Crippen LogP) is 2.17. The summed E-state index contributed by atoms with van der Waals surface area (Å²) in [5, 5.41) is 10.4. The van der Waals surface area contributed by atoms with Crippen molar-refractivity contribution in [3.05, 3.63) is 24.3 Å². The van der Waals surface area contributed by atoms with Crippen molar-refractivity contribution in [1.29, 1.82) is 0 Å². The molecule has 0 N–H and O–H groups in total. The largest absolute Gasteiger partial charge is 0.327 e. The van der Waals surface area contributed by atoms with E-state index in [-0.39, 0.29) is 0 Å². The number of hydrogen-bond donors (Lipinski definition) is 0. The van der Waals surface area contributed by atoms with Crippen molar-refractivity contribution >= 4 is 33.8 Å². The van der Waals surface area contributed by atoms with E-state index < -0.39 is 0 Å². The lowest BCUT2D eigenvalue weighted by Crippen LogP contribution is -2.15. The number of nitrogens with zero attached hydrogens (tertiary/aromatic N) is 5. The van der Waals surface area contributed by atoms with Crippen LogP contribution in [0, 0.1) is 0 Å². The molecule has 0 aliphatic carbocycles. The van der Waals surface area contributed by atoms with Crippen molar-refractivity contribution in [2.45, 2.75) is 5.16 Å². The number of aryl methyl sites for hydroxylation is 1. The molecule has 0 saturated heterocycles. The third-order valence-corrected chi connectivity index (χ3v) is 4.07. The molecule has 0 unspecified atom stereocenters. The van der Waals surface area contributed by atoms with Crippen LogP contribution >= 0.6 is 11.8 Å². The van der Waals surface area contributed by atoms with E-state index in [1.165, 1.54) is 0 Å². The zero-order chi connectivity index (χ0) is 14.1. The van der Waals surface area contributed by atoms with Gasteiger partial charge in [-0.15, -0.1) is 10.2 Å². The first-order chi connectivity index (χ1) is 9.66. The normalized spacial score (nSPS) is 11.8. The summed E-state index contributed by atoms with van der Waals surface area (Å²) in [4.78, 5) is 6.79. The maximum atomic E-state index is 4.64. The molecule has 0 radical (unpaired) electrons. The second-order valence-corrected chi connectivity index (χ2v) is 6.06. The van der Waals surface area contributed by atoms with E-state index in [9.17, 15) is 0 Å². The molecule has 3 aromatic rings. The van der Waals surface area contributed by atoms with Crippen LogP contribution in [0.5, 0.6) is 0 Å². The molecule has 0 amide bonds. The topological polar surface area (TPSA) is 46.8 Å². The summed E-state index contributed by atoms with van der Waals surface area (Å²) in [5.74, 6) is 0.962. The minimum Gasteiger partial charge on any atom is -0.327 e. The molecule has 2 aromatic heterocycles. The summed E-state index contributed by atoms with van der Waals surface area (Å²) in [6.07, 6.45) is 0. The van der Waals surface area contributed by atoms with Crippen LogP contribution < -0.4 is 0 Å². The fraction of sp³-hybridized carbons (Fsp3) is 0.357. The van der Waals surface area contributed by atoms with Crippen molar-refractivity contribution in [1.82, 2.24) is 24.6 Å². The fourth-order valence-corrected chi connectivity index (χ4v) is 3.06. The lowest BCUT2D eigenvalue weighted by molar-refractivity contribution is 0.437. The van der Waals surface area contributed by atoms with E-state index in [4.69, 9.17) is 0 Å². The zero-order valence-electron chi connectivity index (χ0n) is 11.9. The lowest BCUT2D eigenvalue weighted by Gasteiger charge is -2.07. The summed E-state index contributed by atoms with van der Waals surface area (Å²) >= 11 is 1.64. The van der Waals surface area contributed by atoms with Gasteiger partial charge in [0.25, 0.3) is 0 Å². The second-order valence-electron chi connectivity index (χ2n) is 4.99. The first-order valence-corrected chi connectivity index (χ1v) is 7.51. The predicted molar refractivity (Wildman–Crippen MR) is 83.1 cm³/mol. The molecule has 0 atom stereocenters. The molecule has 6 heteroatoms. The smallest absolute Gasteiger partial charge is 0.211 e. The van der Waals surface area contributed by atoms with E-state index in [2.05, 4.69) is 50.9 Å². The average molecular weight is 287 g/mol. The van der Waals surface area contributed by atoms with E-state index in [1.54, 1.807) is 11.8 Å². The molecule has 0 bridgehead atoms. The van der Waals surface area contributed by atoms with Crippen LogP contribution in [0.1, 0.15) is 0 Å². The lowest BCUT2D eigenvalue weighted by atomic mass is 10.2. The molecule has 0 aliphatic rings. The summed E-state index contributed by atoms with van der Waals surface area (Å²) < 4.78 is 2.08. The van der Waals surface area contributed by atoms with Gasteiger partial charge in [-0.3, -0.25) is 0 Å². The molecule has 0 fully saturated rings. The van der Waals surface area contributed by atoms with Crippen molar-refractivity contribution < 1.29 is 0 Å². The Kier molecular flexibility index (Phi) is 3.58. The number of para-hydroxylation sites is 1. The third-order valence-electron chi connectivity index (χ3n) is 3.26. The standard InChI is InChI=1S/C14H17N5S/c1-18(2)8-9-20-14-15-13-12(16-17-14)10-6-4-5-7-11(10)19(13)3/h4-7H,8-9H2,1-3H3. The van der Waals surface area contributed by atoms with E-state index in [1.807, 2.05) is 19.2 Å². The Bertz CT molecular complexity index is 750. The van der Waals surface area contributed by atoms with Crippen LogP contribution in [-0.2, 0) is 7.05 Å². The number of hydrogen-bond acceptors (Lipinski definition) is 5. The Hall–Kier alpha value is -1.66. The summed E-state index contributed by atoms with van der Waals surface area (Å²) in [5.41, 5.74) is 2.91. The molecule has 1 aromatic carbocycles. The van der Waals surface area contributed by atoms with Gasteiger partial charge in [-0.2, -0.15) is 0 Å². The fourth-order valence-electron chi connectivity index (χ4n) is 2.17. The van der Waals surface area contributed by atoms with Gasteiger partial charge in [0.1, 0.15) is 5.52 Å². The Labute approximate surface area is 122 Å². The summed E-state index contributed by atoms with van der Waals surface area (Å²) in [6, 6.07) is 8.19. The number of thioether (sulfide) groups is 1. The third kappa shape index (κ3) is 2.36. The first kappa shape index (κ1) is 13.3. The van der Waals surface area contributed by atoms with Crippen molar-refractivity contribution in [2.24, 2.45) is 7.05 Å². The van der Waals surface area contributed by atoms with Gasteiger partial charge >= 0.3 is 0 Å². The van der Waals surface area contributed by atoms with Crippen molar-refractivity contribution in [3.63, 3.8) is 0 Å². The molecule has 5 nitrogen and oxygen atoms in total. The molecule has 2 heterocycles. The molecular formula is C14H17N5S. The van der Waals surface area contributed by atoms with Crippen LogP contribution in [0.15, 0.2) is 29.4 Å². The van der Waals surface area contributed by atoms with E-state index in [0.29, 0.717) is 0 Å². The van der Waals surface area contributed by atoms with Crippen LogP contribution in [0.3, 0.4) is 0 Å².